The zero-order chi connectivity index (χ0) is 43.8. The van der Waals surface area contributed by atoms with E-state index in [1.54, 1.807) is 0 Å². The zero-order valence-corrected chi connectivity index (χ0v) is 38.5. The number of amides is 1. The quantitative estimate of drug-likeness (QED) is 0.0247. The van der Waals surface area contributed by atoms with Gasteiger partial charge in [0.2, 0.25) is 5.91 Å². The van der Waals surface area contributed by atoms with Crippen LogP contribution in [0.3, 0.4) is 0 Å². The summed E-state index contributed by atoms with van der Waals surface area (Å²) < 4.78 is 5.88. The summed E-state index contributed by atoms with van der Waals surface area (Å²) in [7, 11) is 0. The second-order valence-corrected chi connectivity index (χ2v) is 15.8. The van der Waals surface area contributed by atoms with E-state index in [4.69, 9.17) is 4.74 Å². The number of aliphatic hydroxyl groups excluding tert-OH is 2. The molecule has 0 spiro atoms. The predicted molar refractivity (Wildman–Crippen MR) is 259 cm³/mol. The average molecular weight is 832 g/mol. The van der Waals surface area contributed by atoms with Gasteiger partial charge >= 0.3 is 5.97 Å². The van der Waals surface area contributed by atoms with Crippen molar-refractivity contribution in [3.05, 3.63) is 109 Å². The molecule has 0 aromatic heterocycles. The standard InChI is InChI=1S/C54H89NO5/c1-4-7-10-13-16-19-21-23-24-25-26-27-28-30-32-35-38-41-44-47-54(59)60-50(45-42-39-36-34-31-29-22-20-17-14-11-8-5-2)48-53(58)55-51(49-56)52(57)46-43-40-37-33-18-15-12-9-6-3/h7-8,10-11,14,16-17,19-20,22-24,26-27,29-32,50-52,56-57H,4-6,9,12-13,15,18,21,25,28,33-49H2,1-3H3,(H,55,58)/b10-7-,11-8+,17-14+,19-16-,22-20+,24-23-,27-26-,31-29-,32-30-. The fourth-order valence-corrected chi connectivity index (χ4v) is 6.58. The van der Waals surface area contributed by atoms with Gasteiger partial charge in [0.25, 0.3) is 0 Å². The molecular formula is C54H89NO5. The van der Waals surface area contributed by atoms with Gasteiger partial charge in [-0.15, -0.1) is 0 Å². The Balaban J connectivity index is 4.71. The Morgan fingerprint density at radius 1 is 0.517 bits per heavy atom. The Hall–Kier alpha value is -3.48. The van der Waals surface area contributed by atoms with Crippen LogP contribution >= 0.6 is 0 Å². The number of ether oxygens (including phenoxy) is 1. The van der Waals surface area contributed by atoms with Gasteiger partial charge in [-0.25, -0.2) is 0 Å². The van der Waals surface area contributed by atoms with E-state index in [1.165, 1.54) is 38.5 Å². The summed E-state index contributed by atoms with van der Waals surface area (Å²) >= 11 is 0. The number of aliphatic hydroxyl groups is 2. The molecule has 3 N–H and O–H groups in total. The molecule has 0 bridgehead atoms. The lowest BCUT2D eigenvalue weighted by Crippen LogP contribution is -2.46. The topological polar surface area (TPSA) is 95.9 Å². The molecule has 6 heteroatoms. The number of nitrogens with one attached hydrogen (secondary N) is 1. The molecule has 0 heterocycles. The highest BCUT2D eigenvalue weighted by molar-refractivity contribution is 5.77. The minimum atomic E-state index is -0.809. The summed E-state index contributed by atoms with van der Waals surface area (Å²) in [6, 6.07) is -0.727. The molecular weight excluding hydrogens is 743 g/mol. The SMILES string of the molecule is CC/C=C\C/C=C\C/C=C\C/C=C\C/C=C\CCCCCC(=O)OC(CCCCC\C=C/C=C/C=C/C=C/CC)CC(=O)NC(CO)C(O)CCCCCCCCCCC. The summed E-state index contributed by atoms with van der Waals surface area (Å²) in [5, 5.41) is 23.6. The van der Waals surface area contributed by atoms with Crippen LogP contribution in [0.1, 0.15) is 194 Å². The molecule has 0 aromatic carbocycles. The number of allylic oxidation sites excluding steroid dienone is 18. The van der Waals surface area contributed by atoms with Gasteiger partial charge in [-0.2, -0.15) is 0 Å². The van der Waals surface area contributed by atoms with E-state index in [2.05, 4.69) is 105 Å². The third-order valence-corrected chi connectivity index (χ3v) is 10.2. The van der Waals surface area contributed by atoms with Crippen molar-refractivity contribution >= 4 is 11.9 Å². The molecule has 0 aliphatic heterocycles. The van der Waals surface area contributed by atoms with Crippen LogP contribution in [0.2, 0.25) is 0 Å². The lowest BCUT2D eigenvalue weighted by atomic mass is 10.0. The number of carbonyl (C=O) groups excluding carboxylic acids is 2. The minimum Gasteiger partial charge on any atom is -0.462 e. The highest BCUT2D eigenvalue weighted by atomic mass is 16.5. The Bertz CT molecular complexity index is 1250. The first-order valence-corrected chi connectivity index (χ1v) is 24.2. The van der Waals surface area contributed by atoms with Gasteiger partial charge in [0, 0.05) is 6.42 Å². The molecule has 3 atom stereocenters. The van der Waals surface area contributed by atoms with Crippen molar-refractivity contribution in [1.29, 1.82) is 0 Å². The fourth-order valence-electron chi connectivity index (χ4n) is 6.58. The minimum absolute atomic E-state index is 0.0305. The van der Waals surface area contributed by atoms with E-state index in [9.17, 15) is 19.8 Å². The molecule has 6 nitrogen and oxygen atoms in total. The largest absolute Gasteiger partial charge is 0.462 e. The van der Waals surface area contributed by atoms with Crippen molar-refractivity contribution in [2.45, 2.75) is 212 Å². The number of esters is 1. The van der Waals surface area contributed by atoms with Crippen molar-refractivity contribution in [3.63, 3.8) is 0 Å². The van der Waals surface area contributed by atoms with Crippen molar-refractivity contribution in [1.82, 2.24) is 5.32 Å². The van der Waals surface area contributed by atoms with Crippen molar-refractivity contribution in [2.75, 3.05) is 6.61 Å². The molecule has 340 valence electrons. The van der Waals surface area contributed by atoms with Gasteiger partial charge in [-0.1, -0.05) is 201 Å². The monoisotopic (exact) mass is 832 g/mol. The Morgan fingerprint density at radius 3 is 1.57 bits per heavy atom. The van der Waals surface area contributed by atoms with Gasteiger partial charge in [0.1, 0.15) is 6.10 Å². The molecule has 60 heavy (non-hydrogen) atoms. The molecule has 3 unspecified atom stereocenters. The van der Waals surface area contributed by atoms with E-state index in [-0.39, 0.29) is 24.9 Å². The van der Waals surface area contributed by atoms with Crippen LogP contribution in [-0.2, 0) is 14.3 Å². The van der Waals surface area contributed by atoms with Crippen molar-refractivity contribution in [2.24, 2.45) is 0 Å². The number of unbranched alkanes of at least 4 members (excludes halogenated alkanes) is 14. The third kappa shape index (κ3) is 41.3. The normalized spacial score (nSPS) is 14.3. The number of hydrogen-bond acceptors (Lipinski definition) is 5. The maximum Gasteiger partial charge on any atom is 0.306 e. The molecule has 0 saturated carbocycles. The van der Waals surface area contributed by atoms with Crippen molar-refractivity contribution in [3.8, 4) is 0 Å². The summed E-state index contributed by atoms with van der Waals surface area (Å²) in [6.45, 7) is 6.17. The number of carbonyl (C=O) groups is 2. The fraction of sp³-hybridized carbons (Fsp3) is 0.630. The van der Waals surface area contributed by atoms with E-state index < -0.39 is 18.2 Å². The first-order chi connectivity index (χ1) is 29.5. The van der Waals surface area contributed by atoms with Crippen LogP contribution in [-0.4, -0.2) is 46.9 Å². The smallest absolute Gasteiger partial charge is 0.306 e. The zero-order valence-electron chi connectivity index (χ0n) is 38.5. The van der Waals surface area contributed by atoms with E-state index >= 15 is 0 Å². The van der Waals surface area contributed by atoms with Crippen LogP contribution in [0, 0.1) is 0 Å². The highest BCUT2D eigenvalue weighted by Gasteiger charge is 2.24. The van der Waals surface area contributed by atoms with Gasteiger partial charge in [-0.3, -0.25) is 9.59 Å². The second-order valence-electron chi connectivity index (χ2n) is 15.8. The summed E-state index contributed by atoms with van der Waals surface area (Å²) in [4.78, 5) is 26.0. The predicted octanol–water partition coefficient (Wildman–Crippen LogP) is 14.3. The third-order valence-electron chi connectivity index (χ3n) is 10.2. The number of rotatable bonds is 41. The first kappa shape index (κ1) is 56.5. The van der Waals surface area contributed by atoms with E-state index in [0.717, 1.165) is 109 Å². The lowest BCUT2D eigenvalue weighted by Gasteiger charge is -2.24. The van der Waals surface area contributed by atoms with E-state index in [0.29, 0.717) is 19.3 Å². The Kier molecular flexibility index (Phi) is 43.9. The highest BCUT2D eigenvalue weighted by Crippen LogP contribution is 2.16. The first-order valence-electron chi connectivity index (χ1n) is 24.2. The van der Waals surface area contributed by atoms with Crippen LogP contribution < -0.4 is 5.32 Å². The summed E-state index contributed by atoms with van der Waals surface area (Å²) in [6.07, 6.45) is 62.9. The molecule has 0 aliphatic rings. The second kappa shape index (κ2) is 46.6. The maximum atomic E-state index is 13.1. The Labute approximate surface area is 368 Å². The summed E-state index contributed by atoms with van der Waals surface area (Å²) in [5.74, 6) is -0.565. The molecule has 0 fully saturated rings. The molecule has 0 aliphatic carbocycles. The Morgan fingerprint density at radius 2 is 0.983 bits per heavy atom. The number of hydrogen-bond donors (Lipinski definition) is 3. The molecule has 0 rings (SSSR count). The van der Waals surface area contributed by atoms with Crippen LogP contribution in [0.25, 0.3) is 0 Å². The maximum absolute atomic E-state index is 13.1. The summed E-state index contributed by atoms with van der Waals surface area (Å²) in [5.41, 5.74) is 0. The average Bonchev–Trinajstić information content (AvgIpc) is 3.24. The van der Waals surface area contributed by atoms with Gasteiger partial charge < -0.3 is 20.3 Å². The van der Waals surface area contributed by atoms with Gasteiger partial charge in [0.05, 0.1) is 25.2 Å². The molecule has 0 saturated heterocycles. The van der Waals surface area contributed by atoms with Crippen molar-refractivity contribution < 1.29 is 24.5 Å². The molecule has 1 amide bonds. The van der Waals surface area contributed by atoms with E-state index in [1.807, 2.05) is 30.4 Å². The van der Waals surface area contributed by atoms with Crippen LogP contribution in [0.5, 0.6) is 0 Å². The van der Waals surface area contributed by atoms with Crippen LogP contribution in [0.15, 0.2) is 109 Å². The van der Waals surface area contributed by atoms with Gasteiger partial charge in [0.15, 0.2) is 0 Å². The van der Waals surface area contributed by atoms with Gasteiger partial charge in [-0.05, 0) is 89.9 Å². The lowest BCUT2D eigenvalue weighted by molar-refractivity contribution is -0.151. The molecule has 0 aromatic rings. The molecule has 0 radical (unpaired) electrons. The van der Waals surface area contributed by atoms with Crippen LogP contribution in [0.4, 0.5) is 0 Å².